The molecule has 7 nitrogen and oxygen atoms in total. The van der Waals surface area contributed by atoms with E-state index in [1.54, 1.807) is 13.8 Å². The van der Waals surface area contributed by atoms with Crippen molar-refractivity contribution in [2.45, 2.75) is 19.8 Å². The number of allylic oxidation sites excluding steroid dienone is 2. The van der Waals surface area contributed by atoms with Crippen LogP contribution in [0.4, 0.5) is 0 Å². The number of carbonyl (C=O) groups excluding carboxylic acids is 2. The average Bonchev–Trinajstić information content (AvgIpc) is 3.47. The van der Waals surface area contributed by atoms with E-state index in [2.05, 4.69) is 5.32 Å². The molecule has 1 aliphatic heterocycles. The number of ether oxygens (including phenoxy) is 3. The zero-order valence-electron chi connectivity index (χ0n) is 22.6. The summed E-state index contributed by atoms with van der Waals surface area (Å²) in [5.74, 6) is -0.149. The van der Waals surface area contributed by atoms with Gasteiger partial charge in [0.2, 0.25) is 0 Å². The van der Waals surface area contributed by atoms with Crippen molar-refractivity contribution < 1.29 is 23.8 Å². The van der Waals surface area contributed by atoms with Crippen LogP contribution in [0.5, 0.6) is 11.5 Å². The molecule has 0 aliphatic carbocycles. The number of esters is 2. The molecule has 0 amide bonds. The fourth-order valence-corrected chi connectivity index (χ4v) is 5.62. The highest BCUT2D eigenvalue weighted by Crippen LogP contribution is 2.41. The number of hydrogen-bond acceptors (Lipinski definition) is 8. The number of rotatable bonds is 7. The van der Waals surface area contributed by atoms with E-state index in [0.29, 0.717) is 22.5 Å². The minimum Gasteiger partial charge on any atom is -0.466 e. The normalized spacial score (nSPS) is 13.6. The van der Waals surface area contributed by atoms with E-state index in [1.807, 2.05) is 84.2 Å². The third kappa shape index (κ3) is 5.39. The van der Waals surface area contributed by atoms with Crippen molar-refractivity contribution in [3.05, 3.63) is 112 Å². The molecule has 0 fully saturated rings. The minimum atomic E-state index is -0.655. The first kappa shape index (κ1) is 26.9. The van der Waals surface area contributed by atoms with E-state index in [9.17, 15) is 9.59 Å². The maximum Gasteiger partial charge on any atom is 0.336 e. The molecule has 1 aliphatic rings. The van der Waals surface area contributed by atoms with Gasteiger partial charge in [-0.1, -0.05) is 36.4 Å². The van der Waals surface area contributed by atoms with Gasteiger partial charge in [-0.15, -0.1) is 11.3 Å². The molecule has 1 N–H and O–H groups in total. The molecule has 4 aromatic rings. The van der Waals surface area contributed by atoms with E-state index in [0.717, 1.165) is 38.9 Å². The van der Waals surface area contributed by atoms with Crippen LogP contribution in [-0.4, -0.2) is 31.1 Å². The Labute approximate surface area is 236 Å². The van der Waals surface area contributed by atoms with Crippen LogP contribution in [0.1, 0.15) is 25.3 Å². The van der Waals surface area contributed by atoms with Crippen molar-refractivity contribution in [3.8, 4) is 33.3 Å². The SMILES string of the molecule is COC(=O)C1=C(C)NC(C)=C(C(=O)OC)C1c1cccc(-c2nc(-c3ccc(Oc4ccccc4)cc3)cs2)c1. The van der Waals surface area contributed by atoms with Crippen LogP contribution in [-0.2, 0) is 19.1 Å². The van der Waals surface area contributed by atoms with Crippen molar-refractivity contribution in [2.75, 3.05) is 14.2 Å². The molecule has 5 rings (SSSR count). The van der Waals surface area contributed by atoms with Crippen LogP contribution in [0.15, 0.2) is 107 Å². The number of nitrogens with one attached hydrogen (secondary N) is 1. The van der Waals surface area contributed by atoms with Gasteiger partial charge in [-0.2, -0.15) is 0 Å². The van der Waals surface area contributed by atoms with Crippen LogP contribution >= 0.6 is 11.3 Å². The Balaban J connectivity index is 1.46. The Kier molecular flexibility index (Phi) is 7.79. The molecule has 8 heteroatoms. The summed E-state index contributed by atoms with van der Waals surface area (Å²) >= 11 is 1.52. The van der Waals surface area contributed by atoms with Crippen molar-refractivity contribution in [1.29, 1.82) is 0 Å². The lowest BCUT2D eigenvalue weighted by molar-refractivity contribution is -0.137. The van der Waals surface area contributed by atoms with Gasteiger partial charge in [-0.25, -0.2) is 14.6 Å². The molecule has 0 radical (unpaired) electrons. The Morgan fingerprint density at radius 3 is 2.02 bits per heavy atom. The second-order valence-corrected chi connectivity index (χ2v) is 10.1. The fourth-order valence-electron chi connectivity index (χ4n) is 4.80. The third-order valence-electron chi connectivity index (χ3n) is 6.67. The first-order chi connectivity index (χ1) is 19.4. The van der Waals surface area contributed by atoms with E-state index >= 15 is 0 Å². The number of para-hydroxylation sites is 1. The summed E-state index contributed by atoms with van der Waals surface area (Å²) in [6.07, 6.45) is 0. The summed E-state index contributed by atoms with van der Waals surface area (Å²) in [5, 5.41) is 5.96. The lowest BCUT2D eigenvalue weighted by Crippen LogP contribution is -2.32. The number of aromatic nitrogens is 1. The summed E-state index contributed by atoms with van der Waals surface area (Å²) < 4.78 is 16.1. The van der Waals surface area contributed by atoms with Crippen LogP contribution in [0.3, 0.4) is 0 Å². The molecule has 2 heterocycles. The van der Waals surface area contributed by atoms with Gasteiger partial charge in [-0.05, 0) is 61.9 Å². The Hall–Kier alpha value is -4.69. The standard InChI is InChI=1S/C32H28N2O5S/c1-19-27(31(35)37-3)29(28(20(2)33-19)32(36)38-4)22-9-8-10-23(17-22)30-34-26(18-40-30)21-13-15-25(16-14-21)39-24-11-6-5-7-12-24/h5-18,29,33H,1-4H3. The van der Waals surface area contributed by atoms with Crippen molar-refractivity contribution in [2.24, 2.45) is 0 Å². The molecule has 1 aromatic heterocycles. The highest BCUT2D eigenvalue weighted by atomic mass is 32.1. The van der Waals surface area contributed by atoms with Crippen LogP contribution in [0, 0.1) is 0 Å². The van der Waals surface area contributed by atoms with Gasteiger partial charge in [0.15, 0.2) is 0 Å². The predicted octanol–water partition coefficient (Wildman–Crippen LogP) is 6.85. The lowest BCUT2D eigenvalue weighted by Gasteiger charge is -2.30. The quantitative estimate of drug-likeness (QED) is 0.251. The number of dihydropyridines is 1. The van der Waals surface area contributed by atoms with E-state index in [1.165, 1.54) is 25.6 Å². The van der Waals surface area contributed by atoms with Gasteiger partial charge in [0.05, 0.1) is 37.0 Å². The second-order valence-electron chi connectivity index (χ2n) is 9.22. The molecule has 40 heavy (non-hydrogen) atoms. The molecular formula is C32H28N2O5S. The van der Waals surface area contributed by atoms with Gasteiger partial charge in [0.25, 0.3) is 0 Å². The largest absolute Gasteiger partial charge is 0.466 e. The highest BCUT2D eigenvalue weighted by molar-refractivity contribution is 7.13. The van der Waals surface area contributed by atoms with E-state index in [-0.39, 0.29) is 0 Å². The third-order valence-corrected chi connectivity index (χ3v) is 7.56. The molecule has 0 saturated heterocycles. The second kappa shape index (κ2) is 11.6. The zero-order chi connectivity index (χ0) is 28.2. The van der Waals surface area contributed by atoms with Gasteiger partial charge >= 0.3 is 11.9 Å². The van der Waals surface area contributed by atoms with E-state index in [4.69, 9.17) is 19.2 Å². The van der Waals surface area contributed by atoms with Gasteiger partial charge in [-0.3, -0.25) is 0 Å². The molecule has 202 valence electrons. The van der Waals surface area contributed by atoms with Gasteiger partial charge in [0, 0.05) is 27.9 Å². The van der Waals surface area contributed by atoms with E-state index < -0.39 is 17.9 Å². The van der Waals surface area contributed by atoms with Crippen LogP contribution in [0.25, 0.3) is 21.8 Å². The number of methoxy groups -OCH3 is 2. The van der Waals surface area contributed by atoms with Crippen LogP contribution in [0.2, 0.25) is 0 Å². The van der Waals surface area contributed by atoms with Crippen LogP contribution < -0.4 is 10.1 Å². The summed E-state index contributed by atoms with van der Waals surface area (Å²) in [6, 6.07) is 25.2. The number of nitrogens with zero attached hydrogens (tertiary/aromatic N) is 1. The highest BCUT2D eigenvalue weighted by Gasteiger charge is 2.37. The van der Waals surface area contributed by atoms with Crippen molar-refractivity contribution >= 4 is 23.3 Å². The lowest BCUT2D eigenvalue weighted by atomic mass is 9.80. The molecule has 0 saturated carbocycles. The van der Waals surface area contributed by atoms with Crippen molar-refractivity contribution in [1.82, 2.24) is 10.3 Å². The summed E-state index contributed by atoms with van der Waals surface area (Å²) in [5.41, 5.74) is 5.43. The Morgan fingerprint density at radius 1 is 0.775 bits per heavy atom. The summed E-state index contributed by atoms with van der Waals surface area (Å²) in [4.78, 5) is 30.6. The molecule has 0 atom stereocenters. The topological polar surface area (TPSA) is 86.8 Å². The number of hydrogen-bond donors (Lipinski definition) is 1. The molecular weight excluding hydrogens is 524 g/mol. The molecule has 0 unspecified atom stereocenters. The first-order valence-corrected chi connectivity index (χ1v) is 13.5. The monoisotopic (exact) mass is 552 g/mol. The predicted molar refractivity (Wildman–Crippen MR) is 155 cm³/mol. The molecule has 3 aromatic carbocycles. The Morgan fingerprint density at radius 2 is 1.40 bits per heavy atom. The smallest absolute Gasteiger partial charge is 0.336 e. The Bertz CT molecular complexity index is 1580. The number of thiazole rings is 1. The van der Waals surface area contributed by atoms with Gasteiger partial charge in [0.1, 0.15) is 16.5 Å². The molecule has 0 bridgehead atoms. The summed E-state index contributed by atoms with van der Waals surface area (Å²) in [6.45, 7) is 3.59. The zero-order valence-corrected chi connectivity index (χ0v) is 23.4. The maximum atomic E-state index is 12.9. The summed E-state index contributed by atoms with van der Waals surface area (Å²) in [7, 11) is 2.66. The van der Waals surface area contributed by atoms with Gasteiger partial charge < -0.3 is 19.5 Å². The number of carbonyl (C=O) groups is 2. The number of benzene rings is 3. The fraction of sp³-hybridized carbons (Fsp3) is 0.156. The maximum absolute atomic E-state index is 12.9. The molecule has 0 spiro atoms. The first-order valence-electron chi connectivity index (χ1n) is 12.6. The van der Waals surface area contributed by atoms with Crippen molar-refractivity contribution in [3.63, 3.8) is 0 Å². The minimum absolute atomic E-state index is 0.364. The average molecular weight is 553 g/mol.